The third-order valence-electron chi connectivity index (χ3n) is 3.46. The van der Waals surface area contributed by atoms with Crippen molar-refractivity contribution >= 4 is 17.4 Å². The van der Waals surface area contributed by atoms with Gasteiger partial charge in [0.1, 0.15) is 0 Å². The minimum absolute atomic E-state index is 0.0240. The first-order chi connectivity index (χ1) is 10.3. The maximum absolute atomic E-state index is 12.3. The number of amides is 2. The molecule has 0 saturated heterocycles. The zero-order valence-electron chi connectivity index (χ0n) is 13.9. The van der Waals surface area contributed by atoms with Crippen molar-refractivity contribution in [3.05, 3.63) is 59.2 Å². The Kier molecular flexibility index (Phi) is 4.55. The summed E-state index contributed by atoms with van der Waals surface area (Å²) in [5, 5.41) is 5.86. The molecule has 0 aliphatic rings. The second-order valence-electron chi connectivity index (χ2n) is 6.75. The third kappa shape index (κ3) is 4.10. The number of hydrogen-bond acceptors (Lipinski definition) is 1. The van der Waals surface area contributed by atoms with Gasteiger partial charge in [-0.05, 0) is 54.2 Å². The predicted molar refractivity (Wildman–Crippen MR) is 93.7 cm³/mol. The van der Waals surface area contributed by atoms with E-state index in [2.05, 4.69) is 37.5 Å². The Morgan fingerprint density at radius 3 is 2.09 bits per heavy atom. The Bertz CT molecular complexity index is 664. The number of anilines is 2. The lowest BCUT2D eigenvalue weighted by atomic mass is 9.86. The average molecular weight is 296 g/mol. The summed E-state index contributed by atoms with van der Waals surface area (Å²) >= 11 is 0. The molecule has 0 atom stereocenters. The molecule has 0 spiro atoms. The van der Waals surface area contributed by atoms with Crippen molar-refractivity contribution in [3.8, 4) is 0 Å². The Morgan fingerprint density at radius 1 is 0.909 bits per heavy atom. The van der Waals surface area contributed by atoms with E-state index in [0.29, 0.717) is 0 Å². The van der Waals surface area contributed by atoms with Gasteiger partial charge in [-0.25, -0.2) is 4.79 Å². The Morgan fingerprint density at radius 2 is 1.50 bits per heavy atom. The molecule has 3 nitrogen and oxygen atoms in total. The summed E-state index contributed by atoms with van der Waals surface area (Å²) in [6.45, 7) is 10.4. The van der Waals surface area contributed by atoms with E-state index in [1.54, 1.807) is 0 Å². The molecule has 0 aromatic heterocycles. The van der Waals surface area contributed by atoms with Gasteiger partial charge in [0.05, 0.1) is 0 Å². The molecule has 22 heavy (non-hydrogen) atoms. The first-order valence-electron chi connectivity index (χ1n) is 7.51. The van der Waals surface area contributed by atoms with Gasteiger partial charge in [-0.3, -0.25) is 0 Å². The number of urea groups is 1. The zero-order chi connectivity index (χ0) is 16.3. The molecule has 0 aliphatic carbocycles. The molecule has 3 heteroatoms. The highest BCUT2D eigenvalue weighted by Gasteiger charge is 2.18. The SMILES string of the molecule is Cc1cc(C)cc(NC(=O)Nc2ccccc2C(C)(C)C)c1. The molecule has 2 N–H and O–H groups in total. The van der Waals surface area contributed by atoms with Gasteiger partial charge in [-0.15, -0.1) is 0 Å². The van der Waals surface area contributed by atoms with Crippen LogP contribution in [0.1, 0.15) is 37.5 Å². The molecule has 2 amide bonds. The van der Waals surface area contributed by atoms with Crippen LogP contribution in [0.25, 0.3) is 0 Å². The number of hydrogen-bond donors (Lipinski definition) is 2. The Labute approximate surface area is 132 Å². The van der Waals surface area contributed by atoms with Gasteiger partial charge in [0, 0.05) is 11.4 Å². The monoisotopic (exact) mass is 296 g/mol. The van der Waals surface area contributed by atoms with Crippen molar-refractivity contribution in [3.63, 3.8) is 0 Å². The molecule has 0 saturated carbocycles. The van der Waals surface area contributed by atoms with Gasteiger partial charge in [-0.1, -0.05) is 45.0 Å². The number of carbonyl (C=O) groups is 1. The highest BCUT2D eigenvalue weighted by molar-refractivity contribution is 6.00. The molecule has 116 valence electrons. The quantitative estimate of drug-likeness (QED) is 0.781. The standard InChI is InChI=1S/C19H24N2O/c1-13-10-14(2)12-15(11-13)20-18(22)21-17-9-7-6-8-16(17)19(3,4)5/h6-12H,1-5H3,(H2,20,21,22). The fourth-order valence-electron chi connectivity index (χ4n) is 2.58. The van der Waals surface area contributed by atoms with Crippen molar-refractivity contribution in [2.75, 3.05) is 10.6 Å². The average Bonchev–Trinajstić information content (AvgIpc) is 2.36. The molecule has 0 bridgehead atoms. The summed E-state index contributed by atoms with van der Waals surface area (Å²) in [6.07, 6.45) is 0. The van der Waals surface area contributed by atoms with Crippen LogP contribution in [0.15, 0.2) is 42.5 Å². The first kappa shape index (κ1) is 16.1. The third-order valence-corrected chi connectivity index (χ3v) is 3.46. The van der Waals surface area contributed by atoms with Gasteiger partial charge in [-0.2, -0.15) is 0 Å². The van der Waals surface area contributed by atoms with E-state index in [0.717, 1.165) is 28.1 Å². The summed E-state index contributed by atoms with van der Waals surface area (Å²) in [5.74, 6) is 0. The van der Waals surface area contributed by atoms with Crippen LogP contribution in [0.3, 0.4) is 0 Å². The maximum Gasteiger partial charge on any atom is 0.323 e. The highest BCUT2D eigenvalue weighted by Crippen LogP contribution is 2.29. The van der Waals surface area contributed by atoms with Crippen LogP contribution in [0.4, 0.5) is 16.2 Å². The first-order valence-corrected chi connectivity index (χ1v) is 7.51. The molecule has 0 heterocycles. The minimum Gasteiger partial charge on any atom is -0.308 e. The van der Waals surface area contributed by atoms with Gasteiger partial charge >= 0.3 is 6.03 Å². The summed E-state index contributed by atoms with van der Waals surface area (Å²) in [5.41, 5.74) is 5.01. The fourth-order valence-corrected chi connectivity index (χ4v) is 2.58. The van der Waals surface area contributed by atoms with Crippen LogP contribution < -0.4 is 10.6 Å². The Hall–Kier alpha value is -2.29. The van der Waals surface area contributed by atoms with Crippen LogP contribution in [0.5, 0.6) is 0 Å². The van der Waals surface area contributed by atoms with E-state index in [-0.39, 0.29) is 11.4 Å². The number of rotatable bonds is 2. The van der Waals surface area contributed by atoms with E-state index in [4.69, 9.17) is 0 Å². The van der Waals surface area contributed by atoms with E-state index in [1.165, 1.54) is 0 Å². The van der Waals surface area contributed by atoms with Crippen LogP contribution in [0.2, 0.25) is 0 Å². The maximum atomic E-state index is 12.3. The summed E-state index contributed by atoms with van der Waals surface area (Å²) in [4.78, 5) is 12.3. The molecule has 2 aromatic carbocycles. The van der Waals surface area contributed by atoms with Crippen molar-refractivity contribution in [2.45, 2.75) is 40.0 Å². The normalized spacial score (nSPS) is 11.1. The van der Waals surface area contributed by atoms with Crippen LogP contribution in [-0.2, 0) is 5.41 Å². The molecule has 0 fully saturated rings. The molecule has 2 aromatic rings. The van der Waals surface area contributed by atoms with Crippen molar-refractivity contribution in [1.82, 2.24) is 0 Å². The van der Waals surface area contributed by atoms with Crippen LogP contribution >= 0.6 is 0 Å². The Balaban J connectivity index is 2.16. The van der Waals surface area contributed by atoms with Crippen molar-refractivity contribution in [1.29, 1.82) is 0 Å². The number of aryl methyl sites for hydroxylation is 2. The van der Waals surface area contributed by atoms with Crippen LogP contribution in [0, 0.1) is 13.8 Å². The van der Waals surface area contributed by atoms with Gasteiger partial charge < -0.3 is 10.6 Å². The molecule has 2 rings (SSSR count). The largest absolute Gasteiger partial charge is 0.323 e. The van der Waals surface area contributed by atoms with E-state index in [1.807, 2.05) is 50.2 Å². The van der Waals surface area contributed by atoms with Crippen LogP contribution in [-0.4, -0.2) is 6.03 Å². The fraction of sp³-hybridized carbons (Fsp3) is 0.316. The number of benzene rings is 2. The van der Waals surface area contributed by atoms with Gasteiger partial charge in [0.2, 0.25) is 0 Å². The summed E-state index contributed by atoms with van der Waals surface area (Å²) < 4.78 is 0. The minimum atomic E-state index is -0.221. The number of para-hydroxylation sites is 1. The molecule has 0 unspecified atom stereocenters. The molecule has 0 aliphatic heterocycles. The highest BCUT2D eigenvalue weighted by atomic mass is 16.2. The lowest BCUT2D eigenvalue weighted by Gasteiger charge is -2.23. The molecule has 0 radical (unpaired) electrons. The van der Waals surface area contributed by atoms with E-state index in [9.17, 15) is 4.79 Å². The molecular formula is C19H24N2O. The predicted octanol–water partition coefficient (Wildman–Crippen LogP) is 5.24. The second-order valence-corrected chi connectivity index (χ2v) is 6.75. The molecular weight excluding hydrogens is 272 g/mol. The zero-order valence-corrected chi connectivity index (χ0v) is 13.9. The van der Waals surface area contributed by atoms with Gasteiger partial charge in [0.15, 0.2) is 0 Å². The lowest BCUT2D eigenvalue weighted by molar-refractivity contribution is 0.262. The van der Waals surface area contributed by atoms with Crippen molar-refractivity contribution in [2.24, 2.45) is 0 Å². The van der Waals surface area contributed by atoms with E-state index < -0.39 is 0 Å². The summed E-state index contributed by atoms with van der Waals surface area (Å²) in [7, 11) is 0. The van der Waals surface area contributed by atoms with Crippen molar-refractivity contribution < 1.29 is 4.79 Å². The van der Waals surface area contributed by atoms with Gasteiger partial charge in [0.25, 0.3) is 0 Å². The smallest absolute Gasteiger partial charge is 0.308 e. The second kappa shape index (κ2) is 6.22. The van der Waals surface area contributed by atoms with E-state index >= 15 is 0 Å². The topological polar surface area (TPSA) is 41.1 Å². The number of carbonyl (C=O) groups excluding carboxylic acids is 1. The summed E-state index contributed by atoms with van der Waals surface area (Å²) in [6, 6.07) is 13.7. The lowest BCUT2D eigenvalue weighted by Crippen LogP contribution is -2.22. The number of nitrogens with one attached hydrogen (secondary N) is 2.